The lowest BCUT2D eigenvalue weighted by Gasteiger charge is -2.36. The van der Waals surface area contributed by atoms with E-state index in [-0.39, 0.29) is 12.2 Å². The highest BCUT2D eigenvalue weighted by atomic mass is 32.1. The Hall–Kier alpha value is -5.82. The molecular formula is C38H37N11O5S2. The molecule has 3 atom stereocenters. The van der Waals surface area contributed by atoms with Crippen LogP contribution in [-0.2, 0) is 16.5 Å². The van der Waals surface area contributed by atoms with Gasteiger partial charge in [0.25, 0.3) is 0 Å². The second kappa shape index (κ2) is 14.4. The summed E-state index contributed by atoms with van der Waals surface area (Å²) in [7, 11) is 2.00. The molecule has 2 unspecified atom stereocenters. The molecule has 0 saturated carbocycles. The predicted molar refractivity (Wildman–Crippen MR) is 211 cm³/mol. The van der Waals surface area contributed by atoms with Gasteiger partial charge >= 0.3 is 0 Å². The Kier molecular flexibility index (Phi) is 8.88. The van der Waals surface area contributed by atoms with Gasteiger partial charge in [-0.2, -0.15) is 18.7 Å². The summed E-state index contributed by atoms with van der Waals surface area (Å²) < 4.78 is 46.2. The number of rotatable bonds is 11. The summed E-state index contributed by atoms with van der Waals surface area (Å²) in [6, 6.07) is 11.9. The van der Waals surface area contributed by atoms with E-state index in [1.165, 1.54) is 23.1 Å². The first-order chi connectivity index (χ1) is 27.4. The number of hydrogen-bond acceptors (Lipinski definition) is 15. The van der Waals surface area contributed by atoms with Crippen molar-refractivity contribution >= 4 is 67.0 Å². The van der Waals surface area contributed by atoms with Gasteiger partial charge in [0.15, 0.2) is 0 Å². The van der Waals surface area contributed by atoms with Gasteiger partial charge in [-0.3, -0.25) is 4.90 Å². The van der Waals surface area contributed by atoms with Gasteiger partial charge < -0.3 is 42.4 Å². The maximum absolute atomic E-state index is 6.92. The molecule has 2 aliphatic heterocycles. The molecule has 10 rings (SSSR count). The van der Waals surface area contributed by atoms with Crippen LogP contribution in [-0.4, -0.2) is 80.6 Å². The molecular weight excluding hydrogens is 755 g/mol. The number of aromatic nitrogens is 9. The van der Waals surface area contributed by atoms with Crippen molar-refractivity contribution in [2.75, 3.05) is 30.0 Å². The highest BCUT2D eigenvalue weighted by Crippen LogP contribution is 2.39. The molecule has 2 fully saturated rings. The number of nitrogens with zero attached hydrogens (tertiary/aromatic N) is 10. The molecule has 0 radical (unpaired) electrons. The number of nitrogens with one attached hydrogen (secondary N) is 1. The average molecular weight is 792 g/mol. The first-order valence-corrected chi connectivity index (χ1v) is 19.9. The van der Waals surface area contributed by atoms with Gasteiger partial charge in [0.1, 0.15) is 45.7 Å². The van der Waals surface area contributed by atoms with Crippen LogP contribution in [0.15, 0.2) is 78.1 Å². The molecule has 2 saturated heterocycles. The number of furan rings is 1. The molecule has 1 N–H and O–H groups in total. The van der Waals surface area contributed by atoms with Gasteiger partial charge in [-0.15, -0.1) is 0 Å². The molecule has 2 aliphatic rings. The van der Waals surface area contributed by atoms with Gasteiger partial charge in [0, 0.05) is 57.2 Å². The van der Waals surface area contributed by atoms with Crippen LogP contribution in [0.5, 0.6) is 11.8 Å². The largest absolute Gasteiger partial charge is 0.472 e. The van der Waals surface area contributed by atoms with E-state index in [1.807, 2.05) is 96.1 Å². The average Bonchev–Trinajstić information content (AvgIpc) is 4.03. The van der Waals surface area contributed by atoms with Crippen LogP contribution >= 0.6 is 23.1 Å². The fourth-order valence-electron chi connectivity index (χ4n) is 7.12. The van der Waals surface area contributed by atoms with Gasteiger partial charge in [-0.05, 0) is 67.2 Å². The van der Waals surface area contributed by atoms with Gasteiger partial charge in [-0.1, -0.05) is 0 Å². The van der Waals surface area contributed by atoms with Crippen LogP contribution in [0.25, 0.3) is 33.4 Å². The Morgan fingerprint density at radius 3 is 2.30 bits per heavy atom. The topological polar surface area (TPSA) is 157 Å². The zero-order valence-corrected chi connectivity index (χ0v) is 32.4. The van der Waals surface area contributed by atoms with E-state index in [0.29, 0.717) is 61.8 Å². The summed E-state index contributed by atoms with van der Waals surface area (Å²) >= 11 is 2.73. The fraction of sp³-hybridized carbons (Fsp3) is 0.316. The van der Waals surface area contributed by atoms with Crippen molar-refractivity contribution in [1.29, 1.82) is 0 Å². The standard InChI is InChI=1S/C38H37N11O5S2/c1-22-16-30(55-44-22)41-37-39-28-5-11-47(24-4-10-46(3)19-24)33(28)35(42-37)53-26-9-15-52-31(18-26)49(32-17-23(2)45-56-32)38-40-29-6-12-48(25-7-13-50-20-25)34(29)36(43-38)54-27-8-14-51-21-27/h4-7,10-13,16-17,19-20,26-27,31H,8-9,14-15,18,21H2,1-3H3,(H,39,41,42)/t26?,27-,31?/m0/s1. The van der Waals surface area contributed by atoms with E-state index in [1.54, 1.807) is 12.5 Å². The van der Waals surface area contributed by atoms with Crippen molar-refractivity contribution in [3.05, 3.63) is 85.1 Å². The molecule has 8 aromatic rings. The lowest BCUT2D eigenvalue weighted by atomic mass is 10.1. The Morgan fingerprint density at radius 1 is 0.821 bits per heavy atom. The number of hydrogen-bond donors (Lipinski definition) is 1. The van der Waals surface area contributed by atoms with Crippen LogP contribution in [0.1, 0.15) is 30.7 Å². The normalized spacial score (nSPS) is 18.6. The minimum atomic E-state index is -0.499. The molecule has 0 amide bonds. The van der Waals surface area contributed by atoms with E-state index in [9.17, 15) is 0 Å². The van der Waals surface area contributed by atoms with E-state index in [4.69, 9.17) is 43.3 Å². The zero-order valence-electron chi connectivity index (χ0n) is 30.7. The van der Waals surface area contributed by atoms with E-state index < -0.39 is 6.23 Å². The van der Waals surface area contributed by atoms with E-state index >= 15 is 0 Å². The third-order valence-electron chi connectivity index (χ3n) is 9.75. The summed E-state index contributed by atoms with van der Waals surface area (Å²) in [5.74, 6) is 1.77. The van der Waals surface area contributed by atoms with Gasteiger partial charge in [0.2, 0.25) is 23.7 Å². The number of ether oxygens (including phenoxy) is 4. The maximum Gasteiger partial charge on any atom is 0.244 e. The Labute approximate surface area is 328 Å². The first kappa shape index (κ1) is 34.7. The van der Waals surface area contributed by atoms with E-state index in [0.717, 1.165) is 55.7 Å². The molecule has 18 heteroatoms. The fourth-order valence-corrected chi connectivity index (χ4v) is 8.57. The molecule has 16 nitrogen and oxygen atoms in total. The van der Waals surface area contributed by atoms with Gasteiger partial charge in [-0.25, -0.2) is 9.97 Å². The quantitative estimate of drug-likeness (QED) is 0.140. The maximum atomic E-state index is 6.92. The molecule has 286 valence electrons. The highest BCUT2D eigenvalue weighted by Gasteiger charge is 2.35. The molecule has 0 aromatic carbocycles. The summed E-state index contributed by atoms with van der Waals surface area (Å²) in [5, 5.41) is 5.02. The molecule has 8 aromatic heterocycles. The summed E-state index contributed by atoms with van der Waals surface area (Å²) in [5.41, 5.74) is 6.58. The second-order valence-electron chi connectivity index (χ2n) is 13.9. The van der Waals surface area contributed by atoms with Crippen molar-refractivity contribution in [3.63, 3.8) is 0 Å². The smallest absolute Gasteiger partial charge is 0.244 e. The Balaban J connectivity index is 1.02. The molecule has 56 heavy (non-hydrogen) atoms. The molecule has 0 aliphatic carbocycles. The third-order valence-corrected chi connectivity index (χ3v) is 11.4. The summed E-state index contributed by atoms with van der Waals surface area (Å²) in [4.78, 5) is 22.1. The van der Waals surface area contributed by atoms with Crippen LogP contribution < -0.4 is 19.7 Å². The van der Waals surface area contributed by atoms with Crippen LogP contribution in [0, 0.1) is 13.8 Å². The molecule has 10 heterocycles. The minimum Gasteiger partial charge on any atom is -0.472 e. The van der Waals surface area contributed by atoms with Crippen LogP contribution in [0.4, 0.5) is 21.9 Å². The summed E-state index contributed by atoms with van der Waals surface area (Å²) in [6.45, 7) is 5.48. The monoisotopic (exact) mass is 791 g/mol. The molecule has 0 spiro atoms. The SMILES string of the molecule is Cc1cc(Nc2nc(OC3CCOC(N(c4nc(O[C@H]5CCOC5)c5c(ccn5-c5ccoc5)n4)c4cc(C)ns4)C3)c3c(ccn3-c3ccn(C)c3)n2)sn1. The van der Waals surface area contributed by atoms with Crippen molar-refractivity contribution in [3.8, 4) is 23.1 Å². The Morgan fingerprint density at radius 2 is 1.59 bits per heavy atom. The van der Waals surface area contributed by atoms with Crippen molar-refractivity contribution in [2.24, 2.45) is 7.05 Å². The summed E-state index contributed by atoms with van der Waals surface area (Å²) in [6.07, 6.45) is 12.3. The molecule has 0 bridgehead atoms. The van der Waals surface area contributed by atoms with Crippen LogP contribution in [0.2, 0.25) is 0 Å². The van der Waals surface area contributed by atoms with Gasteiger partial charge in [0.05, 0.1) is 59.9 Å². The van der Waals surface area contributed by atoms with Crippen molar-refractivity contribution in [1.82, 2.24) is 42.4 Å². The lowest BCUT2D eigenvalue weighted by Crippen LogP contribution is -2.43. The van der Waals surface area contributed by atoms with Crippen LogP contribution in [0.3, 0.4) is 0 Å². The Bertz CT molecular complexity index is 2640. The first-order valence-electron chi connectivity index (χ1n) is 18.3. The second-order valence-corrected chi connectivity index (χ2v) is 15.5. The minimum absolute atomic E-state index is 0.143. The van der Waals surface area contributed by atoms with Crippen molar-refractivity contribution in [2.45, 2.75) is 51.5 Å². The van der Waals surface area contributed by atoms with Crippen molar-refractivity contribution < 1.29 is 23.4 Å². The zero-order chi connectivity index (χ0) is 37.8. The number of aryl methyl sites for hydroxylation is 3. The lowest BCUT2D eigenvalue weighted by molar-refractivity contribution is -0.0319. The number of fused-ring (bicyclic) bond motifs is 2. The highest BCUT2D eigenvalue weighted by molar-refractivity contribution is 7.10. The third kappa shape index (κ3) is 6.63. The van der Waals surface area contributed by atoms with E-state index in [2.05, 4.69) is 18.6 Å². The number of anilines is 4. The predicted octanol–water partition coefficient (Wildman–Crippen LogP) is 7.25.